The molecule has 2 N–H and O–H groups in total. The summed E-state index contributed by atoms with van der Waals surface area (Å²) in [5.74, 6) is 1.36. The maximum absolute atomic E-state index is 11.7. The van der Waals surface area contributed by atoms with Crippen LogP contribution in [-0.2, 0) is 11.2 Å². The highest BCUT2D eigenvalue weighted by Crippen LogP contribution is 2.09. The third-order valence-electron chi connectivity index (χ3n) is 2.84. The Kier molecular flexibility index (Phi) is 5.17. The van der Waals surface area contributed by atoms with Crippen molar-refractivity contribution < 1.29 is 9.53 Å². The fourth-order valence-corrected chi connectivity index (χ4v) is 1.75. The highest BCUT2D eigenvalue weighted by atomic mass is 16.5. The summed E-state index contributed by atoms with van der Waals surface area (Å²) in [6.07, 6.45) is 1.96. The Bertz CT molecular complexity index is 537. The van der Waals surface area contributed by atoms with E-state index in [0.29, 0.717) is 25.3 Å². The van der Waals surface area contributed by atoms with Crippen molar-refractivity contribution in [1.29, 1.82) is 0 Å². The van der Waals surface area contributed by atoms with Gasteiger partial charge in [0.2, 0.25) is 5.91 Å². The standard InChI is InChI=1S/C15H19N3O2/c1-2-12-11-14(18-17-12)16-15(19)9-6-10-20-13-7-4-3-5-8-13/h3-5,7-8,11H,2,6,9-10H2,1H3,(H2,16,17,18,19). The molecule has 2 aromatic rings. The number of hydrogen-bond donors (Lipinski definition) is 2. The highest BCUT2D eigenvalue weighted by Gasteiger charge is 2.05. The van der Waals surface area contributed by atoms with E-state index in [0.717, 1.165) is 17.9 Å². The molecule has 5 heteroatoms. The van der Waals surface area contributed by atoms with Gasteiger partial charge in [0, 0.05) is 18.2 Å². The third-order valence-corrected chi connectivity index (χ3v) is 2.84. The van der Waals surface area contributed by atoms with E-state index in [-0.39, 0.29) is 5.91 Å². The minimum absolute atomic E-state index is 0.0455. The molecule has 0 fully saturated rings. The van der Waals surface area contributed by atoms with Crippen molar-refractivity contribution in [2.24, 2.45) is 0 Å². The molecule has 0 saturated heterocycles. The zero-order valence-electron chi connectivity index (χ0n) is 11.6. The van der Waals surface area contributed by atoms with Crippen LogP contribution < -0.4 is 10.1 Å². The summed E-state index contributed by atoms with van der Waals surface area (Å²) in [6, 6.07) is 11.4. The van der Waals surface area contributed by atoms with Crippen LogP contribution >= 0.6 is 0 Å². The van der Waals surface area contributed by atoms with E-state index in [4.69, 9.17) is 4.74 Å². The number of carbonyl (C=O) groups excluding carboxylic acids is 1. The predicted octanol–water partition coefficient (Wildman–Crippen LogP) is 2.77. The van der Waals surface area contributed by atoms with Crippen LogP contribution in [0.15, 0.2) is 36.4 Å². The Morgan fingerprint density at radius 1 is 1.35 bits per heavy atom. The van der Waals surface area contributed by atoms with Gasteiger partial charge in [0.25, 0.3) is 0 Å². The molecule has 1 amide bonds. The molecule has 0 bridgehead atoms. The number of aromatic nitrogens is 2. The molecule has 106 valence electrons. The largest absolute Gasteiger partial charge is 0.494 e. The summed E-state index contributed by atoms with van der Waals surface area (Å²) in [5.41, 5.74) is 1.01. The van der Waals surface area contributed by atoms with E-state index < -0.39 is 0 Å². The molecule has 0 saturated carbocycles. The van der Waals surface area contributed by atoms with Crippen molar-refractivity contribution in [3.63, 3.8) is 0 Å². The van der Waals surface area contributed by atoms with Gasteiger partial charge in [-0.15, -0.1) is 0 Å². The number of rotatable bonds is 7. The van der Waals surface area contributed by atoms with Crippen molar-refractivity contribution in [3.05, 3.63) is 42.1 Å². The number of ether oxygens (including phenoxy) is 1. The van der Waals surface area contributed by atoms with Crippen LogP contribution in [0.5, 0.6) is 5.75 Å². The molecule has 1 aromatic heterocycles. The molecule has 1 aromatic carbocycles. The van der Waals surface area contributed by atoms with Crippen LogP contribution in [0.1, 0.15) is 25.5 Å². The predicted molar refractivity (Wildman–Crippen MR) is 77.8 cm³/mol. The first-order valence-corrected chi connectivity index (χ1v) is 6.80. The number of amides is 1. The third kappa shape index (κ3) is 4.42. The lowest BCUT2D eigenvalue weighted by atomic mass is 10.3. The normalized spacial score (nSPS) is 10.2. The molecule has 0 spiro atoms. The number of H-pyrrole nitrogens is 1. The zero-order valence-corrected chi connectivity index (χ0v) is 11.6. The first kappa shape index (κ1) is 14.1. The quantitative estimate of drug-likeness (QED) is 0.762. The molecule has 1 heterocycles. The fourth-order valence-electron chi connectivity index (χ4n) is 1.75. The molecule has 20 heavy (non-hydrogen) atoms. The molecule has 0 aliphatic heterocycles. The van der Waals surface area contributed by atoms with Gasteiger partial charge in [-0.05, 0) is 25.0 Å². The maximum atomic E-state index is 11.7. The maximum Gasteiger partial charge on any atom is 0.225 e. The lowest BCUT2D eigenvalue weighted by Gasteiger charge is -2.05. The Balaban J connectivity index is 1.65. The van der Waals surface area contributed by atoms with Gasteiger partial charge >= 0.3 is 0 Å². The molecular formula is C15H19N3O2. The van der Waals surface area contributed by atoms with Crippen LogP contribution in [-0.4, -0.2) is 22.7 Å². The van der Waals surface area contributed by atoms with Crippen molar-refractivity contribution in [2.45, 2.75) is 26.2 Å². The number of para-hydroxylation sites is 1. The number of aromatic amines is 1. The van der Waals surface area contributed by atoms with Crippen molar-refractivity contribution in [1.82, 2.24) is 10.2 Å². The smallest absolute Gasteiger partial charge is 0.225 e. The van der Waals surface area contributed by atoms with Crippen LogP contribution in [0.2, 0.25) is 0 Å². The number of anilines is 1. The second kappa shape index (κ2) is 7.33. The molecule has 0 atom stereocenters. The van der Waals surface area contributed by atoms with Gasteiger partial charge in [-0.1, -0.05) is 25.1 Å². The Morgan fingerprint density at radius 3 is 2.85 bits per heavy atom. The molecular weight excluding hydrogens is 254 g/mol. The van der Waals surface area contributed by atoms with Crippen LogP contribution in [0, 0.1) is 0 Å². The molecule has 0 unspecified atom stereocenters. The fraction of sp³-hybridized carbons (Fsp3) is 0.333. The summed E-state index contributed by atoms with van der Waals surface area (Å²) in [6.45, 7) is 2.55. The average Bonchev–Trinajstić information content (AvgIpc) is 2.92. The summed E-state index contributed by atoms with van der Waals surface area (Å²) in [5, 5.41) is 9.63. The minimum Gasteiger partial charge on any atom is -0.494 e. The summed E-state index contributed by atoms with van der Waals surface area (Å²) in [4.78, 5) is 11.7. The average molecular weight is 273 g/mol. The minimum atomic E-state index is -0.0455. The molecule has 0 aliphatic rings. The molecule has 0 aliphatic carbocycles. The van der Waals surface area contributed by atoms with E-state index >= 15 is 0 Å². The first-order valence-electron chi connectivity index (χ1n) is 6.80. The second-order valence-corrected chi connectivity index (χ2v) is 4.45. The van der Waals surface area contributed by atoms with Gasteiger partial charge < -0.3 is 10.1 Å². The van der Waals surface area contributed by atoms with Gasteiger partial charge in [-0.2, -0.15) is 5.10 Å². The first-order chi connectivity index (χ1) is 9.78. The number of nitrogens with zero attached hydrogens (tertiary/aromatic N) is 1. The van der Waals surface area contributed by atoms with Crippen molar-refractivity contribution in [3.8, 4) is 5.75 Å². The molecule has 5 nitrogen and oxygen atoms in total. The molecule has 2 rings (SSSR count). The van der Waals surface area contributed by atoms with Crippen LogP contribution in [0.3, 0.4) is 0 Å². The van der Waals surface area contributed by atoms with Crippen molar-refractivity contribution >= 4 is 11.7 Å². The van der Waals surface area contributed by atoms with Gasteiger partial charge in [-0.25, -0.2) is 0 Å². The number of hydrogen-bond acceptors (Lipinski definition) is 3. The van der Waals surface area contributed by atoms with E-state index in [1.165, 1.54) is 0 Å². The van der Waals surface area contributed by atoms with Crippen LogP contribution in [0.4, 0.5) is 5.82 Å². The number of benzene rings is 1. The lowest BCUT2D eigenvalue weighted by molar-refractivity contribution is -0.116. The van der Waals surface area contributed by atoms with Gasteiger partial charge in [-0.3, -0.25) is 9.89 Å². The lowest BCUT2D eigenvalue weighted by Crippen LogP contribution is -2.13. The van der Waals surface area contributed by atoms with Gasteiger partial charge in [0.05, 0.1) is 6.61 Å². The topological polar surface area (TPSA) is 67.0 Å². The number of nitrogens with one attached hydrogen (secondary N) is 2. The van der Waals surface area contributed by atoms with E-state index in [1.54, 1.807) is 0 Å². The van der Waals surface area contributed by atoms with E-state index in [1.807, 2.05) is 43.3 Å². The SMILES string of the molecule is CCc1cc(NC(=O)CCCOc2ccccc2)n[nH]1. The Morgan fingerprint density at radius 2 is 2.15 bits per heavy atom. The highest BCUT2D eigenvalue weighted by molar-refractivity contribution is 5.89. The number of aryl methyl sites for hydroxylation is 1. The molecule has 0 radical (unpaired) electrons. The van der Waals surface area contributed by atoms with Gasteiger partial charge in [0.1, 0.15) is 5.75 Å². The van der Waals surface area contributed by atoms with E-state index in [9.17, 15) is 4.79 Å². The van der Waals surface area contributed by atoms with Gasteiger partial charge in [0.15, 0.2) is 5.82 Å². The van der Waals surface area contributed by atoms with Crippen LogP contribution in [0.25, 0.3) is 0 Å². The Hall–Kier alpha value is -2.30. The monoisotopic (exact) mass is 273 g/mol. The van der Waals surface area contributed by atoms with Crippen molar-refractivity contribution in [2.75, 3.05) is 11.9 Å². The Labute approximate surface area is 118 Å². The summed E-state index contributed by atoms with van der Waals surface area (Å²) in [7, 11) is 0. The second-order valence-electron chi connectivity index (χ2n) is 4.45. The zero-order chi connectivity index (χ0) is 14.2. The number of carbonyl (C=O) groups is 1. The summed E-state index contributed by atoms with van der Waals surface area (Å²) >= 11 is 0. The summed E-state index contributed by atoms with van der Waals surface area (Å²) < 4.78 is 5.53. The van der Waals surface area contributed by atoms with E-state index in [2.05, 4.69) is 15.5 Å².